The summed E-state index contributed by atoms with van der Waals surface area (Å²) in [5, 5.41) is 0.378. The van der Waals surface area contributed by atoms with Crippen molar-refractivity contribution in [3.8, 4) is 5.75 Å². The average Bonchev–Trinajstić information content (AvgIpc) is 3.21. The predicted molar refractivity (Wildman–Crippen MR) is 158 cm³/mol. The van der Waals surface area contributed by atoms with Crippen molar-refractivity contribution in [2.45, 2.75) is 54.9 Å². The van der Waals surface area contributed by atoms with Crippen molar-refractivity contribution in [2.75, 3.05) is 22.9 Å². The van der Waals surface area contributed by atoms with Crippen molar-refractivity contribution in [3.05, 3.63) is 86.4 Å². The number of carbonyl (C=O) groups is 1. The summed E-state index contributed by atoms with van der Waals surface area (Å²) in [6.45, 7) is 16.5. The maximum absolute atomic E-state index is 12.2. The van der Waals surface area contributed by atoms with Gasteiger partial charge >= 0.3 is 244 Å². The second kappa shape index (κ2) is 11.8. The van der Waals surface area contributed by atoms with Crippen LogP contribution in [0, 0.1) is 41.5 Å². The summed E-state index contributed by atoms with van der Waals surface area (Å²) < 4.78 is 7.48. The van der Waals surface area contributed by atoms with Crippen LogP contribution in [0.3, 0.4) is 0 Å². The van der Waals surface area contributed by atoms with Gasteiger partial charge in [-0.15, -0.1) is 0 Å². The molecule has 0 atom stereocenters. The van der Waals surface area contributed by atoms with Gasteiger partial charge in [-0.25, -0.2) is 0 Å². The number of halogens is 2. The van der Waals surface area contributed by atoms with Gasteiger partial charge in [0.1, 0.15) is 0 Å². The Labute approximate surface area is 243 Å². The fraction of sp³-hybridized carbons (Fsp3) is 0.323. The Morgan fingerprint density at radius 1 is 0.868 bits per heavy atom. The molecule has 0 spiro atoms. The first-order chi connectivity index (χ1) is 18.0. The quantitative estimate of drug-likeness (QED) is 0.166. The summed E-state index contributed by atoms with van der Waals surface area (Å²) in [4.78, 5) is 17.1. The first kappa shape index (κ1) is 28.7. The Balaban J connectivity index is 1.99. The Morgan fingerprint density at radius 2 is 1.34 bits per heavy atom. The van der Waals surface area contributed by atoms with Crippen molar-refractivity contribution in [3.63, 3.8) is 0 Å². The zero-order chi connectivity index (χ0) is 27.7. The van der Waals surface area contributed by atoms with E-state index in [-0.39, 0.29) is 12.4 Å². The normalized spacial score (nSPS) is 13.3. The summed E-state index contributed by atoms with van der Waals surface area (Å²) in [5.41, 5.74) is 10.6. The number of aryl methyl sites for hydroxylation is 6. The molecule has 7 heteroatoms. The molecule has 0 unspecified atom stereocenters. The number of rotatable bonds is 5. The third-order valence-electron chi connectivity index (χ3n) is 6.62. The molecule has 0 N–H and O–H groups in total. The molecule has 1 aliphatic rings. The predicted octanol–water partition coefficient (Wildman–Crippen LogP) is 7.42. The Kier molecular flexibility index (Phi) is 8.92. The van der Waals surface area contributed by atoms with Crippen molar-refractivity contribution in [1.29, 1.82) is 0 Å². The van der Waals surface area contributed by atoms with E-state index in [9.17, 15) is 4.79 Å². The van der Waals surface area contributed by atoms with Crippen LogP contribution >= 0.6 is 23.2 Å². The summed E-state index contributed by atoms with van der Waals surface area (Å²) >= 11 is 13.0. The van der Waals surface area contributed by atoms with E-state index in [1.165, 1.54) is 49.1 Å². The van der Waals surface area contributed by atoms with Gasteiger partial charge in [0.25, 0.3) is 0 Å². The van der Waals surface area contributed by atoms with E-state index >= 15 is 0 Å². The van der Waals surface area contributed by atoms with Crippen LogP contribution in [0.15, 0.2) is 42.5 Å². The van der Waals surface area contributed by atoms with Crippen LogP contribution in [-0.2, 0) is 21.0 Å². The van der Waals surface area contributed by atoms with Crippen LogP contribution in [-0.4, -0.2) is 27.0 Å². The summed E-state index contributed by atoms with van der Waals surface area (Å²) in [7, 11) is 0. The number of hydrogen-bond acceptors (Lipinski definition) is 4. The molecule has 3 aromatic rings. The van der Waals surface area contributed by atoms with E-state index in [0.29, 0.717) is 19.9 Å². The van der Waals surface area contributed by atoms with Gasteiger partial charge in [-0.2, -0.15) is 0 Å². The van der Waals surface area contributed by atoms with Gasteiger partial charge < -0.3 is 0 Å². The first-order valence-corrected chi connectivity index (χ1v) is 15.2. The SMILES string of the molecule is CCC(=O)Oc1c(Cl)cccc1[C](Cl)=[Ru]=[C]1N(c2c(C)cc(C)cc2C)CCN1c1c(C)cc(C)cc1C. The molecule has 1 aliphatic heterocycles. The molecule has 0 aromatic heterocycles. The van der Waals surface area contributed by atoms with Crippen LogP contribution in [0.4, 0.5) is 11.4 Å². The Morgan fingerprint density at radius 3 is 1.79 bits per heavy atom. The molecule has 1 heterocycles. The van der Waals surface area contributed by atoms with E-state index in [4.69, 9.17) is 27.9 Å². The third-order valence-corrected chi connectivity index (χ3v) is 9.69. The number of esters is 1. The van der Waals surface area contributed by atoms with Crippen molar-refractivity contribution in [2.24, 2.45) is 0 Å². The number of nitrogens with zero attached hydrogens (tertiary/aromatic N) is 2. The van der Waals surface area contributed by atoms with E-state index in [1.807, 2.05) is 12.1 Å². The molecule has 0 radical (unpaired) electrons. The van der Waals surface area contributed by atoms with E-state index < -0.39 is 16.2 Å². The number of para-hydroxylation sites is 1. The van der Waals surface area contributed by atoms with Gasteiger partial charge in [0.15, 0.2) is 0 Å². The average molecular weight is 639 g/mol. The van der Waals surface area contributed by atoms with Crippen LogP contribution in [0.5, 0.6) is 5.75 Å². The number of ether oxygens (including phenoxy) is 1. The zero-order valence-corrected chi connectivity index (χ0v) is 26.2. The second-order valence-electron chi connectivity index (χ2n) is 9.84. The molecule has 0 aliphatic carbocycles. The second-order valence-corrected chi connectivity index (χ2v) is 13.2. The van der Waals surface area contributed by atoms with Gasteiger partial charge in [0, 0.05) is 0 Å². The van der Waals surface area contributed by atoms with Crippen LogP contribution < -0.4 is 14.5 Å². The molecule has 0 amide bonds. The third kappa shape index (κ3) is 5.81. The zero-order valence-electron chi connectivity index (χ0n) is 23.0. The van der Waals surface area contributed by atoms with E-state index in [0.717, 1.165) is 13.1 Å². The van der Waals surface area contributed by atoms with Crippen LogP contribution in [0.25, 0.3) is 0 Å². The van der Waals surface area contributed by atoms with E-state index in [1.54, 1.807) is 13.0 Å². The molecular weight excluding hydrogens is 604 g/mol. The van der Waals surface area contributed by atoms with Crippen molar-refractivity contribution in [1.82, 2.24) is 0 Å². The summed E-state index contributed by atoms with van der Waals surface area (Å²) in [5.74, 6) is -0.00407. The molecule has 0 saturated carbocycles. The van der Waals surface area contributed by atoms with Gasteiger partial charge in [0.2, 0.25) is 0 Å². The minimum atomic E-state index is -0.636. The first-order valence-electron chi connectivity index (χ1n) is 12.7. The minimum absolute atomic E-state index is 0.257. The monoisotopic (exact) mass is 638 g/mol. The number of benzene rings is 3. The Hall–Kier alpha value is -2.33. The van der Waals surface area contributed by atoms with Gasteiger partial charge in [0.05, 0.1) is 0 Å². The van der Waals surface area contributed by atoms with Gasteiger partial charge in [-0.05, 0) is 0 Å². The topological polar surface area (TPSA) is 32.8 Å². The fourth-order valence-corrected chi connectivity index (χ4v) is 8.16. The van der Waals surface area contributed by atoms with Crippen LogP contribution in [0.2, 0.25) is 5.02 Å². The molecule has 202 valence electrons. The van der Waals surface area contributed by atoms with Crippen LogP contribution in [0.1, 0.15) is 52.3 Å². The maximum atomic E-state index is 12.2. The van der Waals surface area contributed by atoms with E-state index in [2.05, 4.69) is 75.6 Å². The molecule has 38 heavy (non-hydrogen) atoms. The molecule has 4 nitrogen and oxygen atoms in total. The molecule has 1 saturated heterocycles. The van der Waals surface area contributed by atoms with Crippen molar-refractivity contribution < 1.29 is 25.8 Å². The van der Waals surface area contributed by atoms with Crippen molar-refractivity contribution >= 4 is 48.5 Å². The standard InChI is InChI=1S/C21H26N2.C10H8Cl2O2.Ru/c1-14-9-16(3)20(17(4)10-14)22-7-8-23(13-22)21-18(5)11-15(2)12-19(21)6;1-2-9(13)14-10-7(6-11)4-3-5-8(10)12;/h9-12H,7-8H2,1-6H3;3-5H,2H2,1H3;. The molecule has 0 bridgehead atoms. The molecule has 3 aromatic carbocycles. The fourth-order valence-electron chi connectivity index (χ4n) is 5.28. The van der Waals surface area contributed by atoms with Gasteiger partial charge in [-0.1, -0.05) is 0 Å². The number of hydrogen-bond donors (Lipinski definition) is 0. The van der Waals surface area contributed by atoms with Gasteiger partial charge in [-0.3, -0.25) is 0 Å². The molecule has 1 fully saturated rings. The summed E-state index contributed by atoms with van der Waals surface area (Å²) in [6.07, 6.45) is 0.257. The number of anilines is 2. The summed E-state index contributed by atoms with van der Waals surface area (Å²) in [6, 6.07) is 14.4. The molecule has 4 rings (SSSR count). The number of carbonyl (C=O) groups excluding carboxylic acids is 1. The Bertz CT molecular complexity index is 1380. The molecular formula is C31H34Cl2N2O2Ru.